The summed E-state index contributed by atoms with van der Waals surface area (Å²) in [7, 11) is 0. The molecular weight excluding hydrogens is 272 g/mol. The summed E-state index contributed by atoms with van der Waals surface area (Å²) in [6.45, 7) is 1.03. The van der Waals surface area contributed by atoms with Crippen LogP contribution in [-0.2, 0) is 6.42 Å². The minimum Gasteiger partial charge on any atom is -0.454 e. The maximum absolute atomic E-state index is 5.37. The summed E-state index contributed by atoms with van der Waals surface area (Å²) in [4.78, 5) is 4.10. The molecule has 3 heterocycles. The lowest BCUT2D eigenvalue weighted by Gasteiger charge is -2.07. The molecule has 0 saturated heterocycles. The Bertz CT molecular complexity index is 787. The second kappa shape index (κ2) is 4.89. The van der Waals surface area contributed by atoms with E-state index in [1.807, 2.05) is 18.2 Å². The fraction of sp³-hybridized carbons (Fsp3) is 0.231. The van der Waals surface area contributed by atoms with E-state index >= 15 is 0 Å². The first-order valence-corrected chi connectivity index (χ1v) is 6.55. The SMILES string of the molecule is c1cc2c(cc1CCNc1cncc3nnnn13)OCO2. The van der Waals surface area contributed by atoms with Crippen molar-refractivity contribution in [2.24, 2.45) is 0 Å². The van der Waals surface area contributed by atoms with Gasteiger partial charge in [-0.2, -0.15) is 4.52 Å². The number of benzene rings is 1. The molecule has 106 valence electrons. The van der Waals surface area contributed by atoms with Crippen LogP contribution in [0.5, 0.6) is 11.5 Å². The van der Waals surface area contributed by atoms with Crippen LogP contribution < -0.4 is 14.8 Å². The van der Waals surface area contributed by atoms with E-state index in [1.165, 1.54) is 5.56 Å². The van der Waals surface area contributed by atoms with Crippen molar-refractivity contribution in [3.63, 3.8) is 0 Å². The van der Waals surface area contributed by atoms with Crippen molar-refractivity contribution < 1.29 is 9.47 Å². The summed E-state index contributed by atoms with van der Waals surface area (Å²) in [6, 6.07) is 5.96. The van der Waals surface area contributed by atoms with Gasteiger partial charge in [-0.15, -0.1) is 5.10 Å². The molecule has 0 amide bonds. The average Bonchev–Trinajstić information content (AvgIpc) is 3.15. The van der Waals surface area contributed by atoms with Crippen molar-refractivity contribution in [3.8, 4) is 11.5 Å². The third kappa shape index (κ3) is 2.20. The first kappa shape index (κ1) is 11.9. The van der Waals surface area contributed by atoms with Crippen molar-refractivity contribution in [1.82, 2.24) is 25.0 Å². The van der Waals surface area contributed by atoms with E-state index in [4.69, 9.17) is 9.47 Å². The molecule has 1 N–H and O–H groups in total. The van der Waals surface area contributed by atoms with Crippen LogP contribution >= 0.6 is 0 Å². The number of hydrogen-bond acceptors (Lipinski definition) is 7. The van der Waals surface area contributed by atoms with Crippen LogP contribution in [0, 0.1) is 0 Å². The zero-order valence-electron chi connectivity index (χ0n) is 11.1. The fourth-order valence-corrected chi connectivity index (χ4v) is 2.23. The molecule has 8 nitrogen and oxygen atoms in total. The van der Waals surface area contributed by atoms with Crippen LogP contribution in [-0.4, -0.2) is 38.4 Å². The number of aromatic nitrogens is 5. The monoisotopic (exact) mass is 284 g/mol. The van der Waals surface area contributed by atoms with Gasteiger partial charge in [0.2, 0.25) is 6.79 Å². The van der Waals surface area contributed by atoms with Crippen LogP contribution in [0.1, 0.15) is 5.56 Å². The van der Waals surface area contributed by atoms with Crippen LogP contribution in [0.15, 0.2) is 30.6 Å². The van der Waals surface area contributed by atoms with E-state index in [9.17, 15) is 0 Å². The first-order valence-electron chi connectivity index (χ1n) is 6.55. The van der Waals surface area contributed by atoms with Gasteiger partial charge in [0.15, 0.2) is 17.1 Å². The van der Waals surface area contributed by atoms with Crippen LogP contribution in [0.4, 0.5) is 5.82 Å². The molecule has 0 spiro atoms. The van der Waals surface area contributed by atoms with Gasteiger partial charge in [0.05, 0.1) is 12.4 Å². The van der Waals surface area contributed by atoms with Gasteiger partial charge in [0.25, 0.3) is 0 Å². The van der Waals surface area contributed by atoms with Crippen molar-refractivity contribution in [2.45, 2.75) is 6.42 Å². The predicted octanol–water partition coefficient (Wildman–Crippen LogP) is 0.903. The predicted molar refractivity (Wildman–Crippen MR) is 73.3 cm³/mol. The fourth-order valence-electron chi connectivity index (χ4n) is 2.23. The standard InChI is InChI=1S/C13H12N6O2/c1-2-10-11(21-8-20-10)5-9(1)3-4-15-12-6-14-7-13-16-17-18-19(12)13/h1-2,5-7,15H,3-4,8H2. The van der Waals surface area contributed by atoms with Crippen LogP contribution in [0.3, 0.4) is 0 Å². The van der Waals surface area contributed by atoms with Crippen molar-refractivity contribution >= 4 is 11.5 Å². The van der Waals surface area contributed by atoms with E-state index in [1.54, 1.807) is 16.9 Å². The quantitative estimate of drug-likeness (QED) is 0.761. The summed E-state index contributed by atoms with van der Waals surface area (Å²) in [6.07, 6.45) is 4.15. The Morgan fingerprint density at radius 1 is 1.19 bits per heavy atom. The minimum atomic E-state index is 0.296. The van der Waals surface area contributed by atoms with Gasteiger partial charge in [0, 0.05) is 6.54 Å². The second-order valence-corrected chi connectivity index (χ2v) is 4.61. The molecular formula is C13H12N6O2. The number of rotatable bonds is 4. The largest absolute Gasteiger partial charge is 0.454 e. The van der Waals surface area contributed by atoms with E-state index in [0.717, 1.165) is 30.3 Å². The average molecular weight is 284 g/mol. The third-order valence-electron chi connectivity index (χ3n) is 3.27. The molecule has 0 radical (unpaired) electrons. The van der Waals surface area contributed by atoms with Crippen molar-refractivity contribution in [3.05, 3.63) is 36.2 Å². The normalized spacial score (nSPS) is 12.8. The lowest BCUT2D eigenvalue weighted by atomic mass is 10.1. The molecule has 0 bridgehead atoms. The Labute approximate surface area is 119 Å². The lowest BCUT2D eigenvalue weighted by Crippen LogP contribution is -2.09. The van der Waals surface area contributed by atoms with E-state index < -0.39 is 0 Å². The van der Waals surface area contributed by atoms with Gasteiger partial charge in [0.1, 0.15) is 5.82 Å². The Balaban J connectivity index is 1.44. The Morgan fingerprint density at radius 3 is 3.14 bits per heavy atom. The molecule has 8 heteroatoms. The minimum absolute atomic E-state index is 0.296. The van der Waals surface area contributed by atoms with Gasteiger partial charge in [-0.1, -0.05) is 6.07 Å². The Hall–Kier alpha value is -2.90. The number of anilines is 1. The van der Waals surface area contributed by atoms with Crippen LogP contribution in [0.2, 0.25) is 0 Å². The summed E-state index contributed by atoms with van der Waals surface area (Å²) in [5, 5.41) is 14.7. The highest BCUT2D eigenvalue weighted by Gasteiger charge is 2.13. The van der Waals surface area contributed by atoms with Gasteiger partial charge in [-0.05, 0) is 34.5 Å². The van der Waals surface area contributed by atoms with E-state index in [2.05, 4.69) is 25.8 Å². The molecule has 0 unspecified atom stereocenters. The number of ether oxygens (including phenoxy) is 2. The zero-order chi connectivity index (χ0) is 14.1. The molecule has 0 saturated carbocycles. The van der Waals surface area contributed by atoms with Gasteiger partial charge < -0.3 is 14.8 Å². The lowest BCUT2D eigenvalue weighted by molar-refractivity contribution is 0.174. The number of nitrogens with one attached hydrogen (secondary N) is 1. The Kier molecular flexibility index (Phi) is 2.77. The molecule has 1 aliphatic heterocycles. The molecule has 0 fully saturated rings. The van der Waals surface area contributed by atoms with E-state index in [0.29, 0.717) is 12.4 Å². The molecule has 4 rings (SSSR count). The molecule has 3 aromatic rings. The second-order valence-electron chi connectivity index (χ2n) is 4.61. The molecule has 1 aromatic carbocycles. The number of nitrogens with zero attached hydrogens (tertiary/aromatic N) is 5. The number of tetrazole rings is 1. The molecule has 1 aliphatic rings. The number of hydrogen-bond donors (Lipinski definition) is 1. The Morgan fingerprint density at radius 2 is 2.14 bits per heavy atom. The highest BCUT2D eigenvalue weighted by Crippen LogP contribution is 2.32. The summed E-state index contributed by atoms with van der Waals surface area (Å²) < 4.78 is 12.3. The summed E-state index contributed by atoms with van der Waals surface area (Å²) >= 11 is 0. The van der Waals surface area contributed by atoms with Crippen LogP contribution in [0.25, 0.3) is 5.65 Å². The van der Waals surface area contributed by atoms with Crippen molar-refractivity contribution in [2.75, 3.05) is 18.7 Å². The van der Waals surface area contributed by atoms with Gasteiger partial charge in [-0.3, -0.25) is 4.98 Å². The number of fused-ring (bicyclic) bond motifs is 2. The third-order valence-corrected chi connectivity index (χ3v) is 3.27. The maximum Gasteiger partial charge on any atom is 0.231 e. The molecule has 0 aliphatic carbocycles. The molecule has 21 heavy (non-hydrogen) atoms. The summed E-state index contributed by atoms with van der Waals surface area (Å²) in [5.41, 5.74) is 1.78. The molecule has 2 aromatic heterocycles. The van der Waals surface area contributed by atoms with Crippen molar-refractivity contribution in [1.29, 1.82) is 0 Å². The smallest absolute Gasteiger partial charge is 0.231 e. The highest BCUT2D eigenvalue weighted by molar-refractivity contribution is 5.46. The van der Waals surface area contributed by atoms with E-state index in [-0.39, 0.29) is 0 Å². The topological polar surface area (TPSA) is 86.5 Å². The van der Waals surface area contributed by atoms with Gasteiger partial charge >= 0.3 is 0 Å². The first-order chi connectivity index (χ1) is 10.4. The van der Waals surface area contributed by atoms with Gasteiger partial charge in [-0.25, -0.2) is 0 Å². The highest BCUT2D eigenvalue weighted by atomic mass is 16.7. The zero-order valence-corrected chi connectivity index (χ0v) is 11.1. The summed E-state index contributed by atoms with van der Waals surface area (Å²) in [5.74, 6) is 2.37. The maximum atomic E-state index is 5.37. The molecule has 0 atom stereocenters.